The van der Waals surface area contributed by atoms with Crippen LogP contribution >= 0.6 is 0 Å². The van der Waals surface area contributed by atoms with Crippen LogP contribution in [0.3, 0.4) is 0 Å². The van der Waals surface area contributed by atoms with Crippen molar-refractivity contribution in [1.82, 2.24) is 5.32 Å². The first kappa shape index (κ1) is 23.1. The Hall–Kier alpha value is -3.54. The van der Waals surface area contributed by atoms with Gasteiger partial charge < -0.3 is 19.8 Å². The summed E-state index contributed by atoms with van der Waals surface area (Å²) in [7, 11) is 0. The predicted octanol–water partition coefficient (Wildman–Crippen LogP) is 5.52. The predicted molar refractivity (Wildman–Crippen MR) is 125 cm³/mol. The monoisotopic (exact) mass is 434 g/mol. The Morgan fingerprint density at radius 1 is 0.969 bits per heavy atom. The minimum Gasteiger partial charge on any atom is -0.480 e. The Balaban J connectivity index is 1.71. The Morgan fingerprint density at radius 3 is 2.44 bits per heavy atom. The molecule has 0 aliphatic carbocycles. The van der Waals surface area contributed by atoms with Crippen molar-refractivity contribution < 1.29 is 18.7 Å². The largest absolute Gasteiger partial charge is 0.480 e. The van der Waals surface area contributed by atoms with Gasteiger partial charge in [-0.2, -0.15) is 0 Å². The topological polar surface area (TPSA) is 80.6 Å². The van der Waals surface area contributed by atoms with Crippen LogP contribution in [0.1, 0.15) is 61.2 Å². The highest BCUT2D eigenvalue weighted by molar-refractivity contribution is 6.04. The highest BCUT2D eigenvalue weighted by Gasteiger charge is 2.22. The van der Waals surface area contributed by atoms with Gasteiger partial charge in [0.15, 0.2) is 6.10 Å². The van der Waals surface area contributed by atoms with Crippen LogP contribution in [0.2, 0.25) is 0 Å². The number of nitrogens with one attached hydrogen (secondary N) is 2. The third-order valence-corrected chi connectivity index (χ3v) is 5.43. The van der Waals surface area contributed by atoms with Crippen LogP contribution in [0.15, 0.2) is 71.3 Å². The molecule has 1 heterocycles. The molecule has 1 aromatic heterocycles. The van der Waals surface area contributed by atoms with Gasteiger partial charge in [-0.15, -0.1) is 0 Å². The van der Waals surface area contributed by atoms with E-state index in [0.717, 1.165) is 12.0 Å². The summed E-state index contributed by atoms with van der Waals surface area (Å²) in [6, 6.07) is 18.3. The number of amides is 2. The summed E-state index contributed by atoms with van der Waals surface area (Å²) in [5.74, 6) is 1.10. The zero-order valence-electron chi connectivity index (χ0n) is 18.8. The number of para-hydroxylation sites is 2. The van der Waals surface area contributed by atoms with Crippen molar-refractivity contribution in [3.63, 3.8) is 0 Å². The van der Waals surface area contributed by atoms with Crippen LogP contribution in [0.25, 0.3) is 0 Å². The standard InChI is InChI=1S/C26H30N2O4/c1-4-18(3)20-12-7-9-15-24(20)32-23(5-2)26(30)28-22-14-8-6-13-21(22)25(29)27-17-19-11-10-16-31-19/h6-16,18,23H,4-5,17H2,1-3H3,(H,27,29)(H,28,30). The van der Waals surface area contributed by atoms with E-state index in [2.05, 4.69) is 24.5 Å². The first-order valence-electron chi connectivity index (χ1n) is 11.0. The molecule has 6 heteroatoms. The van der Waals surface area contributed by atoms with Crippen molar-refractivity contribution >= 4 is 17.5 Å². The van der Waals surface area contributed by atoms with E-state index in [4.69, 9.17) is 9.15 Å². The van der Waals surface area contributed by atoms with Crippen molar-refractivity contribution in [3.8, 4) is 5.75 Å². The third kappa shape index (κ3) is 5.78. The molecule has 2 N–H and O–H groups in total. The fourth-order valence-corrected chi connectivity index (χ4v) is 3.37. The lowest BCUT2D eigenvalue weighted by molar-refractivity contribution is -0.122. The lowest BCUT2D eigenvalue weighted by Crippen LogP contribution is -2.33. The summed E-state index contributed by atoms with van der Waals surface area (Å²) in [6.45, 7) is 6.43. The van der Waals surface area contributed by atoms with Gasteiger partial charge in [0.25, 0.3) is 11.8 Å². The molecule has 2 atom stereocenters. The Bertz CT molecular complexity index is 1030. The summed E-state index contributed by atoms with van der Waals surface area (Å²) in [6.07, 6.45) is 2.34. The molecule has 2 amide bonds. The van der Waals surface area contributed by atoms with Gasteiger partial charge in [-0.3, -0.25) is 9.59 Å². The number of anilines is 1. The molecule has 0 fully saturated rings. The second kappa shape index (κ2) is 11.2. The van der Waals surface area contributed by atoms with Crippen molar-refractivity contribution in [3.05, 3.63) is 83.8 Å². The Morgan fingerprint density at radius 2 is 1.72 bits per heavy atom. The van der Waals surface area contributed by atoms with Crippen LogP contribution in [0.5, 0.6) is 5.75 Å². The number of ether oxygens (including phenoxy) is 1. The van der Waals surface area contributed by atoms with E-state index in [1.165, 1.54) is 0 Å². The Kier molecular flexibility index (Phi) is 8.08. The maximum absolute atomic E-state index is 13.0. The molecule has 32 heavy (non-hydrogen) atoms. The second-order valence-electron chi connectivity index (χ2n) is 7.66. The second-order valence-corrected chi connectivity index (χ2v) is 7.66. The van der Waals surface area contributed by atoms with Gasteiger partial charge >= 0.3 is 0 Å². The van der Waals surface area contributed by atoms with Crippen LogP contribution < -0.4 is 15.4 Å². The van der Waals surface area contributed by atoms with E-state index in [0.29, 0.717) is 35.1 Å². The third-order valence-electron chi connectivity index (χ3n) is 5.43. The van der Waals surface area contributed by atoms with Crippen molar-refractivity contribution in [1.29, 1.82) is 0 Å². The van der Waals surface area contributed by atoms with E-state index in [-0.39, 0.29) is 18.4 Å². The summed E-state index contributed by atoms with van der Waals surface area (Å²) >= 11 is 0. The van der Waals surface area contributed by atoms with Gasteiger partial charge in [0.1, 0.15) is 11.5 Å². The van der Waals surface area contributed by atoms with Gasteiger partial charge in [-0.1, -0.05) is 51.1 Å². The summed E-state index contributed by atoms with van der Waals surface area (Å²) in [5.41, 5.74) is 1.90. The molecule has 0 saturated carbocycles. The molecular formula is C26H30N2O4. The average molecular weight is 435 g/mol. The normalized spacial score (nSPS) is 12.6. The van der Waals surface area contributed by atoms with Gasteiger partial charge in [0.2, 0.25) is 0 Å². The lowest BCUT2D eigenvalue weighted by Gasteiger charge is -2.22. The summed E-state index contributed by atoms with van der Waals surface area (Å²) in [5, 5.41) is 5.68. The zero-order valence-corrected chi connectivity index (χ0v) is 18.8. The molecule has 3 aromatic rings. The molecule has 0 aliphatic heterocycles. The maximum Gasteiger partial charge on any atom is 0.265 e. The van der Waals surface area contributed by atoms with Gasteiger partial charge in [0, 0.05) is 0 Å². The number of furan rings is 1. The van der Waals surface area contributed by atoms with Crippen molar-refractivity contribution in [2.75, 3.05) is 5.32 Å². The van der Waals surface area contributed by atoms with E-state index < -0.39 is 6.10 Å². The molecule has 0 radical (unpaired) electrons. The molecule has 0 saturated heterocycles. The number of carbonyl (C=O) groups is 2. The van der Waals surface area contributed by atoms with E-state index >= 15 is 0 Å². The molecule has 3 rings (SSSR count). The van der Waals surface area contributed by atoms with Gasteiger partial charge in [0.05, 0.1) is 24.1 Å². The van der Waals surface area contributed by atoms with E-state index in [9.17, 15) is 9.59 Å². The molecule has 0 aliphatic rings. The molecule has 0 bridgehead atoms. The summed E-state index contributed by atoms with van der Waals surface area (Å²) in [4.78, 5) is 25.7. The maximum atomic E-state index is 13.0. The highest BCUT2D eigenvalue weighted by Crippen LogP contribution is 2.29. The molecule has 168 valence electrons. The molecular weight excluding hydrogens is 404 g/mol. The number of hydrogen-bond donors (Lipinski definition) is 2. The fourth-order valence-electron chi connectivity index (χ4n) is 3.37. The van der Waals surface area contributed by atoms with Crippen molar-refractivity contribution in [2.45, 2.75) is 52.2 Å². The van der Waals surface area contributed by atoms with Crippen LogP contribution in [0.4, 0.5) is 5.69 Å². The van der Waals surface area contributed by atoms with Crippen LogP contribution in [0, 0.1) is 0 Å². The molecule has 6 nitrogen and oxygen atoms in total. The first-order chi connectivity index (χ1) is 15.5. The minimum absolute atomic E-state index is 0.265. The molecule has 2 unspecified atom stereocenters. The average Bonchev–Trinajstić information content (AvgIpc) is 3.34. The summed E-state index contributed by atoms with van der Waals surface area (Å²) < 4.78 is 11.4. The van der Waals surface area contributed by atoms with Crippen LogP contribution in [-0.4, -0.2) is 17.9 Å². The minimum atomic E-state index is -0.681. The van der Waals surface area contributed by atoms with Crippen molar-refractivity contribution in [2.24, 2.45) is 0 Å². The number of benzene rings is 2. The van der Waals surface area contributed by atoms with Gasteiger partial charge in [-0.25, -0.2) is 0 Å². The smallest absolute Gasteiger partial charge is 0.265 e. The SMILES string of the molecule is CCC(Oc1ccccc1C(C)CC)C(=O)Nc1ccccc1C(=O)NCc1ccco1. The lowest BCUT2D eigenvalue weighted by atomic mass is 9.98. The fraction of sp³-hybridized carbons (Fsp3) is 0.308. The van der Waals surface area contributed by atoms with E-state index in [1.807, 2.05) is 31.2 Å². The quantitative estimate of drug-likeness (QED) is 0.440. The zero-order chi connectivity index (χ0) is 22.9. The van der Waals surface area contributed by atoms with Gasteiger partial charge in [-0.05, 0) is 54.7 Å². The Labute approximate surface area is 189 Å². The molecule has 2 aromatic carbocycles. The van der Waals surface area contributed by atoms with E-state index in [1.54, 1.807) is 42.7 Å². The highest BCUT2D eigenvalue weighted by atomic mass is 16.5. The number of carbonyl (C=O) groups excluding carboxylic acids is 2. The first-order valence-corrected chi connectivity index (χ1v) is 11.0. The molecule has 0 spiro atoms. The number of rotatable bonds is 10. The van der Waals surface area contributed by atoms with Crippen LogP contribution in [-0.2, 0) is 11.3 Å². The number of hydrogen-bond acceptors (Lipinski definition) is 4.